The smallest absolute Gasteiger partial charge is 0.207 e. The molecule has 2 atom stereocenters. The van der Waals surface area contributed by atoms with E-state index in [0.717, 1.165) is 11.1 Å². The van der Waals surface area contributed by atoms with Gasteiger partial charge in [0.2, 0.25) is 10.0 Å². The monoisotopic (exact) mass is 366 g/mol. The van der Waals surface area contributed by atoms with Crippen LogP contribution in [0, 0.1) is 6.92 Å². The Morgan fingerprint density at radius 2 is 1.71 bits per heavy atom. The Labute approximate surface area is 144 Å². The lowest BCUT2D eigenvalue weighted by Gasteiger charge is -2.10. The molecule has 7 heteroatoms. The van der Waals surface area contributed by atoms with Crippen LogP contribution in [0.1, 0.15) is 18.1 Å². The van der Waals surface area contributed by atoms with Crippen LogP contribution in [0.3, 0.4) is 0 Å². The van der Waals surface area contributed by atoms with Crippen molar-refractivity contribution in [2.75, 3.05) is 6.61 Å². The molecular weight excluding hydrogens is 345 g/mol. The Morgan fingerprint density at radius 3 is 2.29 bits per heavy atom. The summed E-state index contributed by atoms with van der Waals surface area (Å²) >= 11 is 0. The van der Waals surface area contributed by atoms with Crippen LogP contribution in [0.4, 0.5) is 0 Å². The molecule has 0 aromatic heterocycles. The first-order chi connectivity index (χ1) is 11.4. The Balaban J connectivity index is 2.23. The van der Waals surface area contributed by atoms with Crippen LogP contribution in [0.15, 0.2) is 59.5 Å². The zero-order valence-corrected chi connectivity index (χ0v) is 15.4. The summed E-state index contributed by atoms with van der Waals surface area (Å²) in [5.41, 5.74) is 1.85. The average Bonchev–Trinajstić information content (AvgIpc) is 2.55. The van der Waals surface area contributed by atoms with Crippen LogP contribution >= 0.6 is 8.03 Å². The summed E-state index contributed by atoms with van der Waals surface area (Å²) < 4.78 is 45.1. The highest BCUT2D eigenvalue weighted by Gasteiger charge is 2.36. The van der Waals surface area contributed by atoms with Crippen molar-refractivity contribution >= 4 is 18.1 Å². The Bertz CT molecular complexity index is 776. The third-order valence-corrected chi connectivity index (χ3v) is 6.40. The van der Waals surface area contributed by atoms with Gasteiger partial charge >= 0.3 is 8.03 Å². The fraction of sp³-hybridized carbons (Fsp3) is 0.294. The first-order valence-corrected chi connectivity index (χ1v) is 10.4. The predicted octanol–water partition coefficient (Wildman–Crippen LogP) is 3.62. The van der Waals surface area contributed by atoms with Gasteiger partial charge in [-0.25, -0.2) is 8.42 Å². The predicted molar refractivity (Wildman–Crippen MR) is 94.7 cm³/mol. The number of benzene rings is 2. The molecular formula is C17H21NO4PS+. The van der Waals surface area contributed by atoms with Crippen molar-refractivity contribution < 1.29 is 17.5 Å². The molecule has 2 aromatic rings. The molecule has 5 nitrogen and oxygen atoms in total. The van der Waals surface area contributed by atoms with E-state index in [1.807, 2.05) is 37.3 Å². The van der Waals surface area contributed by atoms with Gasteiger partial charge in [-0.1, -0.05) is 48.0 Å². The molecule has 0 saturated heterocycles. The van der Waals surface area contributed by atoms with Crippen molar-refractivity contribution in [3.8, 4) is 0 Å². The lowest BCUT2D eigenvalue weighted by atomic mass is 10.1. The molecule has 1 N–H and O–H groups in total. The van der Waals surface area contributed by atoms with Gasteiger partial charge in [0.15, 0.2) is 0 Å². The largest absolute Gasteiger partial charge is 0.528 e. The maximum Gasteiger partial charge on any atom is 0.528 e. The molecule has 2 aromatic carbocycles. The summed E-state index contributed by atoms with van der Waals surface area (Å²) in [6.45, 7) is 3.86. The van der Waals surface area contributed by atoms with Crippen molar-refractivity contribution in [2.45, 2.75) is 30.9 Å². The van der Waals surface area contributed by atoms with Gasteiger partial charge in [-0.2, -0.15) is 4.72 Å². The van der Waals surface area contributed by atoms with Gasteiger partial charge in [-0.15, -0.1) is 4.52 Å². The van der Waals surface area contributed by atoms with Crippen LogP contribution in [-0.4, -0.2) is 20.8 Å². The van der Waals surface area contributed by atoms with Gasteiger partial charge in [-0.3, -0.25) is 0 Å². The van der Waals surface area contributed by atoms with E-state index in [2.05, 4.69) is 4.72 Å². The normalized spacial score (nSPS) is 13.5. The highest BCUT2D eigenvalue weighted by atomic mass is 32.2. The third-order valence-electron chi connectivity index (χ3n) is 3.41. The lowest BCUT2D eigenvalue weighted by molar-refractivity contribution is 0.341. The van der Waals surface area contributed by atoms with Crippen molar-refractivity contribution in [3.05, 3.63) is 65.7 Å². The van der Waals surface area contributed by atoms with Gasteiger partial charge in [0.25, 0.3) is 5.78 Å². The van der Waals surface area contributed by atoms with Crippen molar-refractivity contribution in [3.63, 3.8) is 0 Å². The maximum atomic E-state index is 12.6. The zero-order chi connectivity index (χ0) is 17.6. The standard InChI is InChI=1S/C17H21NO4PS/c1-3-22-23(19)17(13-15-7-5-4-6-8-15)18-24(20,21)16-11-9-14(2)10-12-16/h4-12,17-18H,3,13H2,1-2H3/q+1. The number of rotatable bonds is 8. The van der Waals surface area contributed by atoms with Gasteiger partial charge < -0.3 is 0 Å². The van der Waals surface area contributed by atoms with E-state index in [-0.39, 0.29) is 11.5 Å². The van der Waals surface area contributed by atoms with E-state index in [9.17, 15) is 13.0 Å². The minimum Gasteiger partial charge on any atom is -0.207 e. The lowest BCUT2D eigenvalue weighted by Crippen LogP contribution is -2.34. The van der Waals surface area contributed by atoms with E-state index in [4.69, 9.17) is 4.52 Å². The topological polar surface area (TPSA) is 72.5 Å². The van der Waals surface area contributed by atoms with Crippen molar-refractivity contribution in [1.29, 1.82) is 0 Å². The van der Waals surface area contributed by atoms with Crippen LogP contribution in [-0.2, 0) is 25.5 Å². The molecule has 0 heterocycles. The molecule has 0 amide bonds. The summed E-state index contributed by atoms with van der Waals surface area (Å²) in [6.07, 6.45) is 0.293. The average molecular weight is 366 g/mol. The number of aryl methyl sites for hydroxylation is 1. The van der Waals surface area contributed by atoms with E-state index < -0.39 is 23.8 Å². The number of sulfonamides is 1. The summed E-state index contributed by atoms with van der Waals surface area (Å²) in [7, 11) is -5.94. The highest BCUT2D eigenvalue weighted by Crippen LogP contribution is 2.31. The number of nitrogens with one attached hydrogen (secondary N) is 1. The SMILES string of the molecule is CCO[P+](=O)C(Cc1ccccc1)NS(=O)(=O)c1ccc(C)cc1. The Hall–Kier alpha value is -1.59. The molecule has 0 spiro atoms. The van der Waals surface area contributed by atoms with E-state index in [1.165, 1.54) is 12.1 Å². The van der Waals surface area contributed by atoms with Gasteiger partial charge in [0.05, 0.1) is 11.5 Å². The van der Waals surface area contributed by atoms with E-state index in [0.29, 0.717) is 6.42 Å². The van der Waals surface area contributed by atoms with Crippen LogP contribution in [0.2, 0.25) is 0 Å². The summed E-state index contributed by atoms with van der Waals surface area (Å²) in [5, 5.41) is 0. The molecule has 0 radical (unpaired) electrons. The second-order valence-corrected chi connectivity index (χ2v) is 8.51. The molecule has 0 aliphatic rings. The highest BCUT2D eigenvalue weighted by molar-refractivity contribution is 7.89. The molecule has 0 aliphatic heterocycles. The number of hydrogen-bond donors (Lipinski definition) is 1. The second-order valence-electron chi connectivity index (χ2n) is 5.34. The molecule has 0 bridgehead atoms. The minimum atomic E-state index is -3.77. The molecule has 0 fully saturated rings. The fourth-order valence-corrected chi connectivity index (χ4v) is 4.81. The quantitative estimate of drug-likeness (QED) is 0.724. The van der Waals surface area contributed by atoms with E-state index in [1.54, 1.807) is 19.1 Å². The Kier molecular flexibility index (Phi) is 6.63. The van der Waals surface area contributed by atoms with Gasteiger partial charge in [0, 0.05) is 6.42 Å². The molecule has 2 unspecified atom stereocenters. The first kappa shape index (κ1) is 18.7. The van der Waals surface area contributed by atoms with Crippen molar-refractivity contribution in [1.82, 2.24) is 4.72 Å². The summed E-state index contributed by atoms with van der Waals surface area (Å²) in [5.74, 6) is -0.825. The van der Waals surface area contributed by atoms with Gasteiger partial charge in [-0.05, 0) is 36.1 Å². The molecule has 24 heavy (non-hydrogen) atoms. The fourth-order valence-electron chi connectivity index (χ4n) is 2.18. The molecule has 2 rings (SSSR count). The minimum absolute atomic E-state index is 0.145. The molecule has 0 saturated carbocycles. The second kappa shape index (κ2) is 8.49. The maximum absolute atomic E-state index is 12.6. The van der Waals surface area contributed by atoms with E-state index >= 15 is 0 Å². The van der Waals surface area contributed by atoms with Crippen LogP contribution < -0.4 is 4.72 Å². The van der Waals surface area contributed by atoms with Crippen molar-refractivity contribution in [2.24, 2.45) is 0 Å². The number of hydrogen-bond acceptors (Lipinski definition) is 4. The Morgan fingerprint density at radius 1 is 1.08 bits per heavy atom. The van der Waals surface area contributed by atoms with Crippen LogP contribution in [0.25, 0.3) is 0 Å². The zero-order valence-electron chi connectivity index (χ0n) is 13.7. The molecule has 0 aliphatic carbocycles. The third kappa shape index (κ3) is 5.21. The summed E-state index contributed by atoms with van der Waals surface area (Å²) in [4.78, 5) is 0.145. The van der Waals surface area contributed by atoms with Crippen LogP contribution in [0.5, 0.6) is 0 Å². The first-order valence-electron chi connectivity index (χ1n) is 7.64. The summed E-state index contributed by atoms with van der Waals surface area (Å²) in [6, 6.07) is 15.8. The van der Waals surface area contributed by atoms with Gasteiger partial charge in [0.1, 0.15) is 0 Å². The molecule has 128 valence electrons.